The Morgan fingerprint density at radius 2 is 1.90 bits per heavy atom. The van der Waals surface area contributed by atoms with Crippen LogP contribution >= 0.6 is 21.6 Å². The van der Waals surface area contributed by atoms with Crippen molar-refractivity contribution in [2.24, 2.45) is 0 Å². The van der Waals surface area contributed by atoms with Gasteiger partial charge in [0.25, 0.3) is 0 Å². The molecule has 0 aliphatic carbocycles. The first-order valence-corrected chi connectivity index (χ1v) is 5.36. The van der Waals surface area contributed by atoms with Crippen LogP contribution < -0.4 is 0 Å². The van der Waals surface area contributed by atoms with Crippen molar-refractivity contribution in [3.8, 4) is 0 Å². The van der Waals surface area contributed by atoms with Gasteiger partial charge in [-0.3, -0.25) is 0 Å². The second-order valence-electron chi connectivity index (χ2n) is 1.54. The van der Waals surface area contributed by atoms with Crippen molar-refractivity contribution in [3.05, 3.63) is 12.7 Å². The van der Waals surface area contributed by atoms with Gasteiger partial charge in [0.1, 0.15) is 0 Å². The van der Waals surface area contributed by atoms with E-state index in [0.717, 1.165) is 6.08 Å². The fourth-order valence-electron chi connectivity index (χ4n) is 0.295. The summed E-state index contributed by atoms with van der Waals surface area (Å²) >= 11 is 0. The number of carboxylic acid groups (broad SMARTS) is 1. The summed E-state index contributed by atoms with van der Waals surface area (Å²) in [7, 11) is 3.98. The van der Waals surface area contributed by atoms with Gasteiger partial charge in [-0.05, 0) is 6.42 Å². The first kappa shape index (κ1) is 9.91. The zero-order chi connectivity index (χ0) is 7.82. The Labute approximate surface area is 68.5 Å². The Hall–Kier alpha value is -0.0900. The van der Waals surface area contributed by atoms with E-state index < -0.39 is 5.97 Å². The average molecular weight is 178 g/mol. The van der Waals surface area contributed by atoms with E-state index in [1.165, 1.54) is 17.9 Å². The van der Waals surface area contributed by atoms with Gasteiger partial charge in [-0.2, -0.15) is 0 Å². The van der Waals surface area contributed by atoms with Crippen LogP contribution in [-0.2, 0) is 4.79 Å². The monoisotopic (exact) mass is 178 g/mol. The van der Waals surface area contributed by atoms with Crippen LogP contribution in [0.3, 0.4) is 0 Å². The van der Waals surface area contributed by atoms with Gasteiger partial charge in [-0.25, -0.2) is 4.79 Å². The molecule has 0 aromatic rings. The summed E-state index contributed by atoms with van der Waals surface area (Å²) < 4.78 is 0. The van der Waals surface area contributed by atoms with Crippen molar-refractivity contribution < 1.29 is 9.90 Å². The van der Waals surface area contributed by atoms with Crippen LogP contribution in [-0.4, -0.2) is 22.6 Å². The predicted octanol–water partition coefficient (Wildman–Crippen LogP) is 2.03. The lowest BCUT2D eigenvalue weighted by molar-refractivity contribution is -0.131. The minimum Gasteiger partial charge on any atom is -0.478 e. The molecule has 10 heavy (non-hydrogen) atoms. The van der Waals surface area contributed by atoms with E-state index >= 15 is 0 Å². The third-order valence-corrected chi connectivity index (χ3v) is 3.29. The lowest BCUT2D eigenvalue weighted by atomic mass is 10.6. The molecule has 0 atom stereocenters. The van der Waals surface area contributed by atoms with Crippen molar-refractivity contribution in [2.75, 3.05) is 11.5 Å². The lowest BCUT2D eigenvalue weighted by Gasteiger charge is -1.69. The third-order valence-electron chi connectivity index (χ3n) is 0.713. The minimum absolute atomic E-state index is 0.833. The Morgan fingerprint density at radius 1 is 1.50 bits per heavy atom. The molecule has 1 aliphatic rings. The van der Waals surface area contributed by atoms with E-state index in [4.69, 9.17) is 5.11 Å². The van der Waals surface area contributed by atoms with Crippen LogP contribution in [0.2, 0.25) is 0 Å². The molecule has 0 saturated carbocycles. The van der Waals surface area contributed by atoms with Gasteiger partial charge in [-0.1, -0.05) is 28.2 Å². The quantitative estimate of drug-likeness (QED) is 0.492. The Kier molecular flexibility index (Phi) is 6.96. The highest BCUT2D eigenvalue weighted by Crippen LogP contribution is 2.29. The molecule has 0 amide bonds. The maximum Gasteiger partial charge on any atom is 0.327 e. The smallest absolute Gasteiger partial charge is 0.327 e. The van der Waals surface area contributed by atoms with Crippen LogP contribution in [0.1, 0.15) is 6.42 Å². The summed E-state index contributed by atoms with van der Waals surface area (Å²) in [5, 5.41) is 7.60. The number of carbonyl (C=O) groups is 1. The van der Waals surface area contributed by atoms with E-state index in [1.807, 2.05) is 21.6 Å². The van der Waals surface area contributed by atoms with Crippen molar-refractivity contribution in [3.63, 3.8) is 0 Å². The van der Waals surface area contributed by atoms with Crippen molar-refractivity contribution >= 4 is 27.6 Å². The van der Waals surface area contributed by atoms with Crippen LogP contribution in [0.4, 0.5) is 0 Å². The highest BCUT2D eigenvalue weighted by Gasteiger charge is 1.96. The molecule has 0 bridgehead atoms. The lowest BCUT2D eigenvalue weighted by Crippen LogP contribution is -1.82. The fraction of sp³-hybridized carbons (Fsp3) is 0.500. The molecule has 0 spiro atoms. The Balaban J connectivity index is 0.000000162. The molecular formula is C6H10O2S2. The summed E-state index contributed by atoms with van der Waals surface area (Å²) in [6.07, 6.45) is 2.26. The first-order valence-electron chi connectivity index (χ1n) is 2.87. The number of carboxylic acids is 1. The Bertz CT molecular complexity index is 103. The maximum atomic E-state index is 9.25. The molecule has 0 aromatic heterocycles. The van der Waals surface area contributed by atoms with Gasteiger partial charge in [0.2, 0.25) is 0 Å². The second kappa shape index (κ2) is 7.02. The largest absolute Gasteiger partial charge is 0.478 e. The zero-order valence-corrected chi connectivity index (χ0v) is 7.21. The molecular weight excluding hydrogens is 168 g/mol. The third kappa shape index (κ3) is 7.91. The SMILES string of the molecule is C1CSSC1.C=CC(=O)O. The number of rotatable bonds is 1. The van der Waals surface area contributed by atoms with Crippen LogP contribution in [0.5, 0.6) is 0 Å². The van der Waals surface area contributed by atoms with E-state index in [1.54, 1.807) is 0 Å². The Morgan fingerprint density at radius 3 is 2.00 bits per heavy atom. The highest BCUT2D eigenvalue weighted by molar-refractivity contribution is 8.77. The number of hydrogen-bond donors (Lipinski definition) is 1. The van der Waals surface area contributed by atoms with Crippen LogP contribution in [0, 0.1) is 0 Å². The van der Waals surface area contributed by atoms with E-state index in [2.05, 4.69) is 6.58 Å². The molecule has 58 valence electrons. The first-order chi connectivity index (χ1) is 4.77. The molecule has 1 heterocycles. The van der Waals surface area contributed by atoms with Gasteiger partial charge in [-0.15, -0.1) is 0 Å². The summed E-state index contributed by atoms with van der Waals surface area (Å²) in [5.74, 6) is 1.78. The van der Waals surface area contributed by atoms with Gasteiger partial charge < -0.3 is 5.11 Å². The van der Waals surface area contributed by atoms with E-state index in [-0.39, 0.29) is 0 Å². The summed E-state index contributed by atoms with van der Waals surface area (Å²) in [6.45, 7) is 2.96. The molecule has 1 rings (SSSR count). The van der Waals surface area contributed by atoms with Gasteiger partial charge in [0.15, 0.2) is 0 Å². The second-order valence-corrected chi connectivity index (χ2v) is 4.24. The van der Waals surface area contributed by atoms with Crippen molar-refractivity contribution in [2.45, 2.75) is 6.42 Å². The molecule has 4 heteroatoms. The van der Waals surface area contributed by atoms with E-state index in [0.29, 0.717) is 0 Å². The van der Waals surface area contributed by atoms with Crippen LogP contribution in [0.15, 0.2) is 12.7 Å². The standard InChI is InChI=1S/C3H4O2.C3H6S2/c1-2-3(4)5;1-2-4-5-3-1/h2H,1H2,(H,4,5);1-3H2. The highest BCUT2D eigenvalue weighted by atomic mass is 33.1. The molecule has 1 N–H and O–H groups in total. The molecule has 1 saturated heterocycles. The zero-order valence-electron chi connectivity index (χ0n) is 5.58. The topological polar surface area (TPSA) is 37.3 Å². The molecule has 0 radical (unpaired) electrons. The summed E-state index contributed by atoms with van der Waals surface area (Å²) in [6, 6.07) is 0. The number of aliphatic carboxylic acids is 1. The molecule has 0 unspecified atom stereocenters. The number of hydrogen-bond acceptors (Lipinski definition) is 3. The minimum atomic E-state index is -0.981. The normalized spacial score (nSPS) is 15.2. The maximum absolute atomic E-state index is 9.25. The van der Waals surface area contributed by atoms with Gasteiger partial charge >= 0.3 is 5.97 Å². The van der Waals surface area contributed by atoms with Gasteiger partial charge in [0.05, 0.1) is 0 Å². The summed E-state index contributed by atoms with van der Waals surface area (Å²) in [4.78, 5) is 9.25. The molecule has 2 nitrogen and oxygen atoms in total. The van der Waals surface area contributed by atoms with E-state index in [9.17, 15) is 4.79 Å². The fourth-order valence-corrected chi connectivity index (χ4v) is 2.65. The predicted molar refractivity (Wildman–Crippen MR) is 47.4 cm³/mol. The van der Waals surface area contributed by atoms with Crippen LogP contribution in [0.25, 0.3) is 0 Å². The van der Waals surface area contributed by atoms with Crippen molar-refractivity contribution in [1.82, 2.24) is 0 Å². The summed E-state index contributed by atoms with van der Waals surface area (Å²) in [5.41, 5.74) is 0. The van der Waals surface area contributed by atoms with Gasteiger partial charge in [0, 0.05) is 17.6 Å². The average Bonchev–Trinajstić information content (AvgIpc) is 2.43. The molecule has 1 fully saturated rings. The van der Waals surface area contributed by atoms with Crippen molar-refractivity contribution in [1.29, 1.82) is 0 Å². The molecule has 1 aliphatic heterocycles. The molecule has 0 aromatic carbocycles.